The predicted octanol–water partition coefficient (Wildman–Crippen LogP) is 4.60. The van der Waals surface area contributed by atoms with Gasteiger partial charge in [0.25, 0.3) is 0 Å². The van der Waals surface area contributed by atoms with Crippen molar-refractivity contribution in [2.75, 3.05) is 18.5 Å². The first-order valence-corrected chi connectivity index (χ1v) is 8.92. The van der Waals surface area contributed by atoms with Crippen LogP contribution in [0.2, 0.25) is 0 Å². The van der Waals surface area contributed by atoms with Gasteiger partial charge in [-0.15, -0.1) is 11.3 Å². The Kier molecular flexibility index (Phi) is 6.21. The van der Waals surface area contributed by atoms with E-state index in [1.807, 2.05) is 6.07 Å². The van der Waals surface area contributed by atoms with Gasteiger partial charge in [-0.1, -0.05) is 41.1 Å². The molecule has 0 radical (unpaired) electrons. The summed E-state index contributed by atoms with van der Waals surface area (Å²) in [6.07, 6.45) is 1.14. The fourth-order valence-electron chi connectivity index (χ4n) is 2.07. The monoisotopic (exact) mass is 367 g/mol. The molecule has 3 nitrogen and oxygen atoms in total. The van der Waals surface area contributed by atoms with Gasteiger partial charge in [0.2, 0.25) is 0 Å². The molecule has 0 aliphatic heterocycles. The van der Waals surface area contributed by atoms with E-state index in [2.05, 4.69) is 70.6 Å². The first kappa shape index (κ1) is 16.5. The molecule has 1 heterocycles. The number of hydrogen-bond acceptors (Lipinski definition) is 4. The Morgan fingerprint density at radius 1 is 1.38 bits per heavy atom. The smallest absolute Gasteiger partial charge is 0.185 e. The lowest BCUT2D eigenvalue weighted by Gasteiger charge is -2.17. The number of thiazole rings is 1. The van der Waals surface area contributed by atoms with Crippen LogP contribution in [-0.2, 0) is 6.54 Å². The number of hydrogen-bond donors (Lipinski definition) is 1. The number of nitrogens with zero attached hydrogens (tertiary/aromatic N) is 2. The molecule has 0 fully saturated rings. The fourth-order valence-corrected chi connectivity index (χ4v) is 3.36. The standard InChI is InChI=1S/C16H22BrN3S/c1-4-9-18-12(2)15-11-21-16(19-15)20(3)10-13-7-5-6-8-14(13)17/h5-8,11-12,18H,4,9-10H2,1-3H3. The number of anilines is 1. The lowest BCUT2D eigenvalue weighted by atomic mass is 10.2. The summed E-state index contributed by atoms with van der Waals surface area (Å²) in [5.74, 6) is 0. The zero-order valence-corrected chi connectivity index (χ0v) is 15.2. The molecule has 2 aromatic rings. The molecule has 0 aliphatic rings. The van der Waals surface area contributed by atoms with E-state index in [9.17, 15) is 0 Å². The highest BCUT2D eigenvalue weighted by Gasteiger charge is 2.12. The van der Waals surface area contributed by atoms with Crippen LogP contribution in [0.5, 0.6) is 0 Å². The molecule has 1 atom stereocenters. The molecule has 0 aliphatic carbocycles. The van der Waals surface area contributed by atoms with Crippen LogP contribution in [0.25, 0.3) is 0 Å². The normalized spacial score (nSPS) is 12.4. The second-order valence-corrected chi connectivity index (χ2v) is 6.87. The highest BCUT2D eigenvalue weighted by molar-refractivity contribution is 9.10. The molecule has 0 spiro atoms. The summed E-state index contributed by atoms with van der Waals surface area (Å²) in [5.41, 5.74) is 2.40. The first-order chi connectivity index (χ1) is 10.1. The molecular formula is C16H22BrN3S. The number of halogens is 1. The fraction of sp³-hybridized carbons (Fsp3) is 0.438. The van der Waals surface area contributed by atoms with Gasteiger partial charge in [-0.3, -0.25) is 0 Å². The van der Waals surface area contributed by atoms with Crippen molar-refractivity contribution in [3.05, 3.63) is 45.4 Å². The van der Waals surface area contributed by atoms with Crippen LogP contribution in [0, 0.1) is 0 Å². The average Bonchev–Trinajstić information content (AvgIpc) is 2.97. The first-order valence-electron chi connectivity index (χ1n) is 7.25. The third kappa shape index (κ3) is 4.53. The van der Waals surface area contributed by atoms with Crippen molar-refractivity contribution in [2.45, 2.75) is 32.9 Å². The van der Waals surface area contributed by atoms with Gasteiger partial charge in [0.05, 0.1) is 5.69 Å². The van der Waals surface area contributed by atoms with Gasteiger partial charge in [0.1, 0.15) is 0 Å². The van der Waals surface area contributed by atoms with E-state index in [1.165, 1.54) is 5.56 Å². The van der Waals surface area contributed by atoms with Gasteiger partial charge in [0, 0.05) is 29.5 Å². The van der Waals surface area contributed by atoms with Gasteiger partial charge in [-0.25, -0.2) is 4.98 Å². The Morgan fingerprint density at radius 3 is 2.86 bits per heavy atom. The Labute approximate surface area is 139 Å². The van der Waals surface area contributed by atoms with Crippen molar-refractivity contribution in [3.8, 4) is 0 Å². The Bertz CT molecular complexity index is 570. The van der Waals surface area contributed by atoms with Crippen LogP contribution in [0.1, 0.15) is 37.6 Å². The maximum atomic E-state index is 4.76. The van der Waals surface area contributed by atoms with Gasteiger partial charge in [-0.2, -0.15) is 0 Å². The van der Waals surface area contributed by atoms with E-state index in [-0.39, 0.29) is 0 Å². The molecular weight excluding hydrogens is 346 g/mol. The molecule has 1 aromatic carbocycles. The predicted molar refractivity (Wildman–Crippen MR) is 95.1 cm³/mol. The van der Waals surface area contributed by atoms with Crippen LogP contribution in [0.4, 0.5) is 5.13 Å². The molecule has 1 aromatic heterocycles. The van der Waals surface area contributed by atoms with Gasteiger partial charge in [-0.05, 0) is 31.5 Å². The van der Waals surface area contributed by atoms with E-state index < -0.39 is 0 Å². The quantitative estimate of drug-likeness (QED) is 0.774. The molecule has 5 heteroatoms. The third-order valence-corrected chi connectivity index (χ3v) is 5.09. The number of aromatic nitrogens is 1. The van der Waals surface area contributed by atoms with Crippen molar-refractivity contribution >= 4 is 32.4 Å². The number of nitrogens with one attached hydrogen (secondary N) is 1. The van der Waals surface area contributed by atoms with E-state index in [0.717, 1.165) is 34.8 Å². The van der Waals surface area contributed by atoms with Crippen LogP contribution < -0.4 is 10.2 Å². The van der Waals surface area contributed by atoms with E-state index >= 15 is 0 Å². The Balaban J connectivity index is 2.02. The molecule has 21 heavy (non-hydrogen) atoms. The minimum atomic E-state index is 0.312. The zero-order chi connectivity index (χ0) is 15.2. The summed E-state index contributed by atoms with van der Waals surface area (Å²) >= 11 is 5.30. The second-order valence-electron chi connectivity index (χ2n) is 5.18. The number of rotatable bonds is 7. The van der Waals surface area contributed by atoms with Crippen molar-refractivity contribution in [1.82, 2.24) is 10.3 Å². The molecule has 1 N–H and O–H groups in total. The number of benzene rings is 1. The van der Waals surface area contributed by atoms with Gasteiger partial charge < -0.3 is 10.2 Å². The molecule has 0 saturated heterocycles. The topological polar surface area (TPSA) is 28.2 Å². The highest BCUT2D eigenvalue weighted by Crippen LogP contribution is 2.26. The minimum absolute atomic E-state index is 0.312. The molecule has 2 rings (SSSR count). The zero-order valence-electron chi connectivity index (χ0n) is 12.8. The van der Waals surface area contributed by atoms with Crippen molar-refractivity contribution in [3.63, 3.8) is 0 Å². The third-order valence-electron chi connectivity index (χ3n) is 3.35. The lowest BCUT2D eigenvalue weighted by Crippen LogP contribution is -2.20. The van der Waals surface area contributed by atoms with Crippen LogP contribution in [0.15, 0.2) is 34.1 Å². The maximum absolute atomic E-state index is 4.76. The summed E-state index contributed by atoms with van der Waals surface area (Å²) in [7, 11) is 2.09. The molecule has 114 valence electrons. The Morgan fingerprint density at radius 2 is 2.14 bits per heavy atom. The highest BCUT2D eigenvalue weighted by atomic mass is 79.9. The van der Waals surface area contributed by atoms with Crippen molar-refractivity contribution in [1.29, 1.82) is 0 Å². The summed E-state index contributed by atoms with van der Waals surface area (Å²) < 4.78 is 1.15. The van der Waals surface area contributed by atoms with E-state index in [0.29, 0.717) is 6.04 Å². The lowest BCUT2D eigenvalue weighted by molar-refractivity contribution is 0.561. The molecule has 0 saturated carbocycles. The van der Waals surface area contributed by atoms with Crippen LogP contribution in [-0.4, -0.2) is 18.6 Å². The largest absolute Gasteiger partial charge is 0.347 e. The van der Waals surface area contributed by atoms with E-state index in [4.69, 9.17) is 4.98 Å². The van der Waals surface area contributed by atoms with Crippen molar-refractivity contribution < 1.29 is 0 Å². The van der Waals surface area contributed by atoms with Crippen LogP contribution in [0.3, 0.4) is 0 Å². The maximum Gasteiger partial charge on any atom is 0.185 e. The SMILES string of the molecule is CCCNC(C)c1csc(N(C)Cc2ccccc2Br)n1. The summed E-state index contributed by atoms with van der Waals surface area (Å²) in [4.78, 5) is 6.95. The molecule has 0 amide bonds. The van der Waals surface area contributed by atoms with Crippen molar-refractivity contribution in [2.24, 2.45) is 0 Å². The molecule has 1 unspecified atom stereocenters. The Hall–Kier alpha value is -0.910. The summed E-state index contributed by atoms with van der Waals surface area (Å²) in [6, 6.07) is 8.63. The van der Waals surface area contributed by atoms with Gasteiger partial charge >= 0.3 is 0 Å². The molecule has 0 bridgehead atoms. The van der Waals surface area contributed by atoms with E-state index in [1.54, 1.807) is 11.3 Å². The second kappa shape index (κ2) is 7.92. The van der Waals surface area contributed by atoms with Crippen LogP contribution >= 0.6 is 27.3 Å². The summed E-state index contributed by atoms with van der Waals surface area (Å²) in [6.45, 7) is 6.23. The average molecular weight is 368 g/mol. The minimum Gasteiger partial charge on any atom is -0.347 e. The summed E-state index contributed by atoms with van der Waals surface area (Å²) in [5, 5.41) is 6.69. The van der Waals surface area contributed by atoms with Gasteiger partial charge in [0.15, 0.2) is 5.13 Å².